The zero-order valence-electron chi connectivity index (χ0n) is 9.40. The summed E-state index contributed by atoms with van der Waals surface area (Å²) >= 11 is 0. The van der Waals surface area contributed by atoms with E-state index < -0.39 is 5.97 Å². The van der Waals surface area contributed by atoms with Crippen LogP contribution in [0.5, 0.6) is 0 Å². The molecule has 0 aliphatic heterocycles. The highest BCUT2D eigenvalue weighted by atomic mass is 16.4. The maximum Gasteiger partial charge on any atom is 0.323 e. The maximum absolute atomic E-state index is 11.9. The van der Waals surface area contributed by atoms with E-state index in [0.717, 1.165) is 19.3 Å². The number of amides is 1. The van der Waals surface area contributed by atoms with Gasteiger partial charge in [0.1, 0.15) is 6.54 Å². The first-order valence-corrected chi connectivity index (χ1v) is 5.55. The molecule has 4 heteroatoms. The predicted octanol–water partition coefficient (Wildman–Crippen LogP) is 1.36. The number of carbonyl (C=O) groups is 2. The number of carboxylic acid groups (broad SMARTS) is 1. The van der Waals surface area contributed by atoms with Crippen molar-refractivity contribution in [1.82, 2.24) is 4.90 Å². The fraction of sp³-hybridized carbons (Fsp3) is 0.818. The highest BCUT2D eigenvalue weighted by molar-refractivity contribution is 5.83. The summed E-state index contributed by atoms with van der Waals surface area (Å²) in [5.41, 5.74) is 0. The molecular formula is C11H19NO3. The van der Waals surface area contributed by atoms with E-state index in [0.29, 0.717) is 12.5 Å². The molecule has 1 N–H and O–H groups in total. The van der Waals surface area contributed by atoms with Crippen molar-refractivity contribution in [3.05, 3.63) is 0 Å². The first-order chi connectivity index (χ1) is 7.04. The van der Waals surface area contributed by atoms with E-state index in [9.17, 15) is 9.59 Å². The van der Waals surface area contributed by atoms with Gasteiger partial charge in [0.05, 0.1) is 0 Å². The van der Waals surface area contributed by atoms with Crippen molar-refractivity contribution in [2.45, 2.75) is 33.1 Å². The van der Waals surface area contributed by atoms with Gasteiger partial charge in [0, 0.05) is 12.5 Å². The van der Waals surface area contributed by atoms with Crippen molar-refractivity contribution in [2.24, 2.45) is 11.8 Å². The SMILES string of the molecule is CCCN(CC(=O)O)C(=O)C1CC(C)C1. The molecule has 0 bridgehead atoms. The second-order valence-electron chi connectivity index (χ2n) is 4.43. The van der Waals surface area contributed by atoms with Crippen LogP contribution in [-0.4, -0.2) is 35.0 Å². The summed E-state index contributed by atoms with van der Waals surface area (Å²) in [4.78, 5) is 23.9. The molecule has 86 valence electrons. The Morgan fingerprint density at radius 3 is 2.40 bits per heavy atom. The Hall–Kier alpha value is -1.06. The van der Waals surface area contributed by atoms with Gasteiger partial charge in [0.2, 0.25) is 5.91 Å². The number of carboxylic acids is 1. The second-order valence-corrected chi connectivity index (χ2v) is 4.43. The van der Waals surface area contributed by atoms with E-state index in [1.165, 1.54) is 4.90 Å². The molecule has 1 saturated carbocycles. The van der Waals surface area contributed by atoms with E-state index in [2.05, 4.69) is 6.92 Å². The smallest absolute Gasteiger partial charge is 0.323 e. The van der Waals surface area contributed by atoms with Gasteiger partial charge < -0.3 is 10.0 Å². The average molecular weight is 213 g/mol. The molecule has 0 unspecified atom stereocenters. The minimum absolute atomic E-state index is 0.0253. The van der Waals surface area contributed by atoms with E-state index in [1.54, 1.807) is 0 Å². The van der Waals surface area contributed by atoms with Crippen molar-refractivity contribution in [3.63, 3.8) is 0 Å². The summed E-state index contributed by atoms with van der Waals surface area (Å²) in [6.07, 6.45) is 2.64. The number of aliphatic carboxylic acids is 1. The number of hydrogen-bond acceptors (Lipinski definition) is 2. The van der Waals surface area contributed by atoms with Gasteiger partial charge in [-0.3, -0.25) is 9.59 Å². The summed E-state index contributed by atoms with van der Waals surface area (Å²) in [7, 11) is 0. The van der Waals surface area contributed by atoms with Crippen LogP contribution in [0, 0.1) is 11.8 Å². The maximum atomic E-state index is 11.9. The van der Waals surface area contributed by atoms with Gasteiger partial charge in [-0.1, -0.05) is 13.8 Å². The lowest BCUT2D eigenvalue weighted by molar-refractivity contribution is -0.148. The van der Waals surface area contributed by atoms with Crippen molar-refractivity contribution in [3.8, 4) is 0 Å². The van der Waals surface area contributed by atoms with Crippen molar-refractivity contribution >= 4 is 11.9 Å². The van der Waals surface area contributed by atoms with Gasteiger partial charge >= 0.3 is 5.97 Å². The Morgan fingerprint density at radius 1 is 1.40 bits per heavy atom. The first kappa shape index (κ1) is 12.0. The molecule has 15 heavy (non-hydrogen) atoms. The van der Waals surface area contributed by atoms with Crippen LogP contribution in [0.25, 0.3) is 0 Å². The Bertz CT molecular complexity index is 246. The van der Waals surface area contributed by atoms with E-state index >= 15 is 0 Å². The van der Waals surface area contributed by atoms with Crippen molar-refractivity contribution in [1.29, 1.82) is 0 Å². The van der Waals surface area contributed by atoms with Crippen LogP contribution in [0.4, 0.5) is 0 Å². The number of hydrogen-bond donors (Lipinski definition) is 1. The highest BCUT2D eigenvalue weighted by Gasteiger charge is 2.34. The van der Waals surface area contributed by atoms with Gasteiger partial charge in [0.25, 0.3) is 0 Å². The van der Waals surface area contributed by atoms with Crippen LogP contribution in [0.15, 0.2) is 0 Å². The quantitative estimate of drug-likeness (QED) is 0.750. The van der Waals surface area contributed by atoms with Crippen LogP contribution in [0.1, 0.15) is 33.1 Å². The zero-order chi connectivity index (χ0) is 11.4. The number of rotatable bonds is 5. The summed E-state index contributed by atoms with van der Waals surface area (Å²) in [5, 5.41) is 8.69. The summed E-state index contributed by atoms with van der Waals surface area (Å²) in [6.45, 7) is 4.46. The lowest BCUT2D eigenvalue weighted by Gasteiger charge is -2.35. The Balaban J connectivity index is 2.47. The number of nitrogens with zero attached hydrogens (tertiary/aromatic N) is 1. The van der Waals surface area contributed by atoms with Crippen LogP contribution in [0.2, 0.25) is 0 Å². The van der Waals surface area contributed by atoms with Gasteiger partial charge in [0.15, 0.2) is 0 Å². The fourth-order valence-electron chi connectivity index (χ4n) is 2.06. The molecule has 1 aliphatic rings. The van der Waals surface area contributed by atoms with E-state index in [-0.39, 0.29) is 18.4 Å². The number of carbonyl (C=O) groups excluding carboxylic acids is 1. The van der Waals surface area contributed by atoms with Gasteiger partial charge in [-0.15, -0.1) is 0 Å². The average Bonchev–Trinajstić information content (AvgIpc) is 2.10. The largest absolute Gasteiger partial charge is 0.480 e. The molecule has 0 radical (unpaired) electrons. The third-order valence-electron chi connectivity index (χ3n) is 2.85. The molecule has 0 spiro atoms. The van der Waals surface area contributed by atoms with E-state index in [4.69, 9.17) is 5.11 Å². The summed E-state index contributed by atoms with van der Waals surface area (Å²) in [5.74, 6) is -0.209. The molecule has 1 rings (SSSR count). The Kier molecular flexibility index (Phi) is 4.12. The molecule has 1 amide bonds. The topological polar surface area (TPSA) is 57.6 Å². The molecule has 4 nitrogen and oxygen atoms in total. The molecule has 0 heterocycles. The Labute approximate surface area is 90.3 Å². The monoisotopic (exact) mass is 213 g/mol. The lowest BCUT2D eigenvalue weighted by Crippen LogP contribution is -2.43. The summed E-state index contributed by atoms with van der Waals surface area (Å²) < 4.78 is 0. The lowest BCUT2D eigenvalue weighted by atomic mass is 9.75. The summed E-state index contributed by atoms with van der Waals surface area (Å²) in [6, 6.07) is 0. The van der Waals surface area contributed by atoms with Crippen molar-refractivity contribution in [2.75, 3.05) is 13.1 Å². The molecule has 0 saturated heterocycles. The molecule has 1 aliphatic carbocycles. The highest BCUT2D eigenvalue weighted by Crippen LogP contribution is 2.34. The minimum atomic E-state index is -0.927. The third kappa shape index (κ3) is 3.22. The molecule has 0 aromatic carbocycles. The third-order valence-corrected chi connectivity index (χ3v) is 2.85. The Morgan fingerprint density at radius 2 is 2.00 bits per heavy atom. The second kappa shape index (κ2) is 5.14. The van der Waals surface area contributed by atoms with Crippen LogP contribution in [0.3, 0.4) is 0 Å². The first-order valence-electron chi connectivity index (χ1n) is 5.55. The molecular weight excluding hydrogens is 194 g/mol. The predicted molar refractivity (Wildman–Crippen MR) is 56.4 cm³/mol. The van der Waals surface area contributed by atoms with Crippen LogP contribution in [-0.2, 0) is 9.59 Å². The van der Waals surface area contributed by atoms with Crippen LogP contribution < -0.4 is 0 Å². The van der Waals surface area contributed by atoms with Crippen molar-refractivity contribution < 1.29 is 14.7 Å². The molecule has 1 fully saturated rings. The minimum Gasteiger partial charge on any atom is -0.480 e. The van der Waals surface area contributed by atoms with Gasteiger partial charge in [-0.05, 0) is 25.2 Å². The standard InChI is InChI=1S/C11H19NO3/c1-3-4-12(7-10(13)14)11(15)9-5-8(2)6-9/h8-9H,3-7H2,1-2H3,(H,13,14). The zero-order valence-corrected chi connectivity index (χ0v) is 9.40. The van der Waals surface area contributed by atoms with E-state index in [1.807, 2.05) is 6.92 Å². The normalized spacial score (nSPS) is 24.4. The molecule has 0 atom stereocenters. The van der Waals surface area contributed by atoms with Gasteiger partial charge in [-0.25, -0.2) is 0 Å². The van der Waals surface area contributed by atoms with Crippen LogP contribution >= 0.6 is 0 Å². The fourth-order valence-corrected chi connectivity index (χ4v) is 2.06. The van der Waals surface area contributed by atoms with Gasteiger partial charge in [-0.2, -0.15) is 0 Å². The molecule has 0 aromatic rings. The molecule has 0 aromatic heterocycles.